The molecule has 0 bridgehead atoms. The second kappa shape index (κ2) is 3.43. The summed E-state index contributed by atoms with van der Waals surface area (Å²) in [5.41, 5.74) is 0. The number of fused-ring (bicyclic) bond motifs is 1. The minimum absolute atomic E-state index is 0.0962. The van der Waals surface area contributed by atoms with Crippen LogP contribution >= 0.6 is 0 Å². The fourth-order valence-electron chi connectivity index (χ4n) is 2.86. The highest BCUT2D eigenvalue weighted by Crippen LogP contribution is 2.37. The van der Waals surface area contributed by atoms with Crippen LogP contribution in [0.2, 0.25) is 0 Å². The first-order chi connectivity index (χ1) is 6.57. The van der Waals surface area contributed by atoms with E-state index < -0.39 is 30.4 Å². The van der Waals surface area contributed by atoms with Crippen molar-refractivity contribution in [1.29, 1.82) is 0 Å². The average Bonchev–Trinajstić information content (AvgIpc) is 2.55. The molecule has 0 aromatic rings. The fourth-order valence-corrected chi connectivity index (χ4v) is 2.86. The van der Waals surface area contributed by atoms with Crippen LogP contribution in [0.3, 0.4) is 0 Å². The number of hydrogen-bond donors (Lipinski definition) is 4. The molecule has 0 radical (unpaired) electrons. The monoisotopic (exact) mass is 203 g/mol. The van der Waals surface area contributed by atoms with Crippen molar-refractivity contribution in [3.8, 4) is 0 Å². The third-order valence-electron chi connectivity index (χ3n) is 3.49. The van der Waals surface area contributed by atoms with Crippen LogP contribution in [0, 0.1) is 0 Å². The molecule has 0 unspecified atom stereocenters. The van der Waals surface area contributed by atoms with E-state index in [4.69, 9.17) is 5.11 Å². The van der Waals surface area contributed by atoms with Gasteiger partial charge in [-0.15, -0.1) is 0 Å². The van der Waals surface area contributed by atoms with Crippen molar-refractivity contribution < 1.29 is 20.4 Å². The predicted molar refractivity (Wildman–Crippen MR) is 48.6 cm³/mol. The molecule has 2 rings (SSSR count). The topological polar surface area (TPSA) is 84.2 Å². The van der Waals surface area contributed by atoms with Crippen molar-refractivity contribution in [1.82, 2.24) is 4.90 Å². The minimum Gasteiger partial charge on any atom is -0.395 e. The van der Waals surface area contributed by atoms with Crippen LogP contribution in [-0.4, -0.2) is 68.4 Å². The Morgan fingerprint density at radius 3 is 2.43 bits per heavy atom. The van der Waals surface area contributed by atoms with E-state index in [1.54, 1.807) is 0 Å². The molecule has 14 heavy (non-hydrogen) atoms. The molecule has 6 atom stereocenters. The molecule has 2 fully saturated rings. The molecular formula is C9H17NO4. The van der Waals surface area contributed by atoms with Crippen LogP contribution in [0.5, 0.6) is 0 Å². The molecule has 2 saturated heterocycles. The van der Waals surface area contributed by atoms with Gasteiger partial charge in [0.05, 0.1) is 37.0 Å². The molecule has 0 spiro atoms. The molecule has 2 aliphatic heterocycles. The van der Waals surface area contributed by atoms with Crippen molar-refractivity contribution in [3.05, 3.63) is 0 Å². The maximum absolute atomic E-state index is 9.69. The number of aliphatic hydroxyl groups excluding tert-OH is 4. The third-order valence-corrected chi connectivity index (χ3v) is 3.49. The minimum atomic E-state index is -0.956. The first-order valence-electron chi connectivity index (χ1n) is 5.00. The molecule has 2 heterocycles. The maximum Gasteiger partial charge on any atom is 0.0995 e. The highest BCUT2D eigenvalue weighted by Gasteiger charge is 2.55. The summed E-state index contributed by atoms with van der Waals surface area (Å²) < 4.78 is 0. The Labute approximate surface area is 82.6 Å². The van der Waals surface area contributed by atoms with E-state index in [0.29, 0.717) is 6.42 Å². The van der Waals surface area contributed by atoms with E-state index in [1.165, 1.54) is 0 Å². The molecule has 0 amide bonds. The number of rotatable bonds is 1. The lowest BCUT2D eigenvalue weighted by Gasteiger charge is -2.27. The largest absolute Gasteiger partial charge is 0.395 e. The second-order valence-electron chi connectivity index (χ2n) is 4.32. The molecule has 82 valence electrons. The van der Waals surface area contributed by atoms with Crippen LogP contribution < -0.4 is 0 Å². The Morgan fingerprint density at radius 1 is 1.21 bits per heavy atom. The number of hydrogen-bond acceptors (Lipinski definition) is 5. The van der Waals surface area contributed by atoms with E-state index in [9.17, 15) is 15.3 Å². The Balaban J connectivity index is 2.25. The van der Waals surface area contributed by atoms with Gasteiger partial charge in [-0.25, -0.2) is 0 Å². The molecule has 0 aromatic heterocycles. The van der Waals surface area contributed by atoms with Gasteiger partial charge in [-0.1, -0.05) is 0 Å². The molecule has 0 aliphatic carbocycles. The predicted octanol–water partition coefficient (Wildman–Crippen LogP) is -2.09. The van der Waals surface area contributed by atoms with E-state index in [0.717, 1.165) is 0 Å². The Morgan fingerprint density at radius 2 is 1.86 bits per heavy atom. The Kier molecular flexibility index (Phi) is 2.53. The molecule has 4 N–H and O–H groups in total. The van der Waals surface area contributed by atoms with Crippen molar-refractivity contribution >= 4 is 0 Å². The van der Waals surface area contributed by atoms with E-state index in [1.807, 2.05) is 11.8 Å². The van der Waals surface area contributed by atoms with E-state index in [-0.39, 0.29) is 12.6 Å². The average molecular weight is 203 g/mol. The second-order valence-corrected chi connectivity index (χ2v) is 4.32. The Hall–Kier alpha value is -0.200. The van der Waals surface area contributed by atoms with Crippen LogP contribution in [0.4, 0.5) is 0 Å². The van der Waals surface area contributed by atoms with Gasteiger partial charge in [-0.3, -0.25) is 4.90 Å². The smallest absolute Gasteiger partial charge is 0.0995 e. The lowest BCUT2D eigenvalue weighted by Crippen LogP contribution is -2.43. The SMILES string of the molecule is C[C@@H]1C[C@H](O)[C@@H]2[C@H](O)[C@@H](O)[C@@H](CO)N21. The summed E-state index contributed by atoms with van der Waals surface area (Å²) >= 11 is 0. The highest BCUT2D eigenvalue weighted by atomic mass is 16.3. The Bertz CT molecular complexity index is 225. The molecule has 0 saturated carbocycles. The van der Waals surface area contributed by atoms with E-state index >= 15 is 0 Å². The summed E-state index contributed by atoms with van der Waals surface area (Å²) in [6.45, 7) is 1.74. The standard InChI is InChI=1S/C9H17NO4/c1-4-2-6(12)7-9(14)8(13)5(3-11)10(4)7/h4-9,11-14H,2-3H2,1H3/t4-,5-,6+,7-,8+,9+/m1/s1. The van der Waals surface area contributed by atoms with Crippen LogP contribution in [-0.2, 0) is 0 Å². The first-order valence-corrected chi connectivity index (χ1v) is 5.00. The van der Waals surface area contributed by atoms with Crippen molar-refractivity contribution in [3.63, 3.8) is 0 Å². The quantitative estimate of drug-likeness (QED) is 0.392. The molecule has 2 aliphatic rings. The van der Waals surface area contributed by atoms with Gasteiger partial charge in [0, 0.05) is 6.04 Å². The lowest BCUT2D eigenvalue weighted by molar-refractivity contribution is -0.00155. The van der Waals surface area contributed by atoms with Crippen molar-refractivity contribution in [2.24, 2.45) is 0 Å². The van der Waals surface area contributed by atoms with Crippen LogP contribution in [0.15, 0.2) is 0 Å². The fraction of sp³-hybridized carbons (Fsp3) is 1.00. The van der Waals surface area contributed by atoms with Gasteiger partial charge in [0.1, 0.15) is 0 Å². The maximum atomic E-state index is 9.69. The zero-order valence-corrected chi connectivity index (χ0v) is 8.11. The van der Waals surface area contributed by atoms with E-state index in [2.05, 4.69) is 0 Å². The van der Waals surface area contributed by atoms with Gasteiger partial charge in [0.2, 0.25) is 0 Å². The summed E-state index contributed by atoms with van der Waals surface area (Å²) in [6.07, 6.45) is -1.92. The molecule has 0 aromatic carbocycles. The summed E-state index contributed by atoms with van der Waals surface area (Å²) in [7, 11) is 0. The molecular weight excluding hydrogens is 186 g/mol. The highest BCUT2D eigenvalue weighted by molar-refractivity contribution is 5.09. The van der Waals surface area contributed by atoms with Crippen LogP contribution in [0.25, 0.3) is 0 Å². The lowest BCUT2D eigenvalue weighted by atomic mass is 10.0. The molecule has 5 nitrogen and oxygen atoms in total. The van der Waals surface area contributed by atoms with Crippen molar-refractivity contribution in [2.75, 3.05) is 6.61 Å². The molecule has 5 heteroatoms. The number of nitrogens with zero attached hydrogens (tertiary/aromatic N) is 1. The van der Waals surface area contributed by atoms with Gasteiger partial charge in [-0.05, 0) is 13.3 Å². The van der Waals surface area contributed by atoms with Gasteiger partial charge in [-0.2, -0.15) is 0 Å². The van der Waals surface area contributed by atoms with Crippen LogP contribution in [0.1, 0.15) is 13.3 Å². The summed E-state index contributed by atoms with van der Waals surface area (Å²) in [5, 5.41) is 38.1. The zero-order chi connectivity index (χ0) is 10.5. The zero-order valence-electron chi connectivity index (χ0n) is 8.11. The van der Waals surface area contributed by atoms with Gasteiger partial charge in [0.25, 0.3) is 0 Å². The van der Waals surface area contributed by atoms with Gasteiger partial charge in [0.15, 0.2) is 0 Å². The summed E-state index contributed by atoms with van der Waals surface area (Å²) in [4.78, 5) is 1.83. The van der Waals surface area contributed by atoms with Crippen molar-refractivity contribution in [2.45, 2.75) is 49.8 Å². The third kappa shape index (κ3) is 1.20. The summed E-state index contributed by atoms with van der Waals surface area (Å²) in [6, 6.07) is -0.766. The van der Waals surface area contributed by atoms with Gasteiger partial charge >= 0.3 is 0 Å². The number of aliphatic hydroxyl groups is 4. The normalized spacial score (nSPS) is 53.8. The van der Waals surface area contributed by atoms with Gasteiger partial charge < -0.3 is 20.4 Å². The summed E-state index contributed by atoms with van der Waals surface area (Å²) in [5.74, 6) is 0. The first kappa shape index (κ1) is 10.3.